The first-order valence-electron chi connectivity index (χ1n) is 7.88. The standard InChI is InChI=1S/C15H26N4O2.HI/c1-3-11-9-14(21-19-11)10-17-15(16-4-2)18-12-5-7-13(20)8-6-12;/h9,12-13,20H,3-8,10H2,1-2H3,(H2,16,17,18);1H. The first-order chi connectivity index (χ1) is 10.2. The summed E-state index contributed by atoms with van der Waals surface area (Å²) in [4.78, 5) is 4.54. The molecule has 1 aliphatic carbocycles. The number of aliphatic hydroxyl groups is 1. The van der Waals surface area contributed by atoms with E-state index in [0.717, 1.165) is 56.1 Å². The Hall–Kier alpha value is -0.830. The number of aromatic nitrogens is 1. The molecule has 7 heteroatoms. The minimum Gasteiger partial charge on any atom is -0.393 e. The predicted molar refractivity (Wildman–Crippen MR) is 97.5 cm³/mol. The lowest BCUT2D eigenvalue weighted by molar-refractivity contribution is 0.120. The van der Waals surface area contributed by atoms with E-state index in [0.29, 0.717) is 12.6 Å². The molecule has 1 aromatic heterocycles. The van der Waals surface area contributed by atoms with Gasteiger partial charge in [0.15, 0.2) is 11.7 Å². The fraction of sp³-hybridized carbons (Fsp3) is 0.733. The second kappa shape index (κ2) is 10.0. The van der Waals surface area contributed by atoms with Crippen LogP contribution in [0.5, 0.6) is 0 Å². The van der Waals surface area contributed by atoms with Crippen molar-refractivity contribution in [1.29, 1.82) is 0 Å². The van der Waals surface area contributed by atoms with Crippen LogP contribution in [0.3, 0.4) is 0 Å². The maximum absolute atomic E-state index is 9.55. The highest BCUT2D eigenvalue weighted by Gasteiger charge is 2.19. The van der Waals surface area contributed by atoms with E-state index >= 15 is 0 Å². The zero-order valence-electron chi connectivity index (χ0n) is 13.3. The highest BCUT2D eigenvalue weighted by Crippen LogP contribution is 2.18. The van der Waals surface area contributed by atoms with Gasteiger partial charge in [0.25, 0.3) is 0 Å². The molecule has 3 N–H and O–H groups in total. The SMILES string of the molecule is CCNC(=NCc1cc(CC)no1)NC1CCC(O)CC1.I. The number of rotatable bonds is 5. The van der Waals surface area contributed by atoms with Crippen molar-refractivity contribution in [2.24, 2.45) is 4.99 Å². The molecule has 1 heterocycles. The summed E-state index contributed by atoms with van der Waals surface area (Å²) in [5.41, 5.74) is 0.958. The monoisotopic (exact) mass is 422 g/mol. The van der Waals surface area contributed by atoms with Gasteiger partial charge in [-0.15, -0.1) is 24.0 Å². The van der Waals surface area contributed by atoms with E-state index in [-0.39, 0.29) is 30.1 Å². The highest BCUT2D eigenvalue weighted by molar-refractivity contribution is 14.0. The van der Waals surface area contributed by atoms with E-state index in [1.165, 1.54) is 0 Å². The quantitative estimate of drug-likeness (QED) is 0.385. The lowest BCUT2D eigenvalue weighted by Crippen LogP contribution is -2.45. The third kappa shape index (κ3) is 6.12. The Morgan fingerprint density at radius 3 is 2.68 bits per heavy atom. The third-order valence-electron chi connectivity index (χ3n) is 3.74. The Bertz CT molecular complexity index is 456. The molecule has 6 nitrogen and oxygen atoms in total. The molecule has 0 aliphatic heterocycles. The van der Waals surface area contributed by atoms with Crippen molar-refractivity contribution in [2.45, 2.75) is 64.6 Å². The number of aliphatic hydroxyl groups excluding tert-OH is 1. The summed E-state index contributed by atoms with van der Waals surface area (Å²) in [6.07, 6.45) is 4.42. The fourth-order valence-electron chi connectivity index (χ4n) is 2.49. The Morgan fingerprint density at radius 1 is 1.36 bits per heavy atom. The normalized spacial score (nSPS) is 22.0. The number of nitrogens with one attached hydrogen (secondary N) is 2. The summed E-state index contributed by atoms with van der Waals surface area (Å²) in [7, 11) is 0. The van der Waals surface area contributed by atoms with E-state index in [4.69, 9.17) is 4.52 Å². The molecule has 0 unspecified atom stereocenters. The maximum atomic E-state index is 9.55. The van der Waals surface area contributed by atoms with Gasteiger partial charge in [0.05, 0.1) is 11.8 Å². The van der Waals surface area contributed by atoms with E-state index < -0.39 is 0 Å². The minimum atomic E-state index is -0.135. The molecule has 1 fully saturated rings. The molecule has 22 heavy (non-hydrogen) atoms. The summed E-state index contributed by atoms with van der Waals surface area (Å²) in [6, 6.07) is 2.33. The molecule has 1 aliphatic rings. The summed E-state index contributed by atoms with van der Waals surface area (Å²) >= 11 is 0. The van der Waals surface area contributed by atoms with Crippen LogP contribution >= 0.6 is 24.0 Å². The van der Waals surface area contributed by atoms with Gasteiger partial charge in [0.2, 0.25) is 0 Å². The van der Waals surface area contributed by atoms with Crippen LogP contribution in [-0.4, -0.2) is 34.9 Å². The molecule has 0 radical (unpaired) electrons. The van der Waals surface area contributed by atoms with Crippen LogP contribution in [0.15, 0.2) is 15.6 Å². The van der Waals surface area contributed by atoms with Gasteiger partial charge < -0.3 is 20.3 Å². The zero-order valence-corrected chi connectivity index (χ0v) is 15.7. The molecule has 2 rings (SSSR count). The highest BCUT2D eigenvalue weighted by atomic mass is 127. The Kier molecular flexibility index (Phi) is 8.77. The Balaban J connectivity index is 0.00000242. The van der Waals surface area contributed by atoms with Crippen LogP contribution in [0.2, 0.25) is 0 Å². The van der Waals surface area contributed by atoms with Gasteiger partial charge in [0.1, 0.15) is 6.54 Å². The van der Waals surface area contributed by atoms with E-state index in [2.05, 4.69) is 20.8 Å². The van der Waals surface area contributed by atoms with Crippen molar-refractivity contribution in [3.05, 3.63) is 17.5 Å². The van der Waals surface area contributed by atoms with E-state index in [1.807, 2.05) is 19.9 Å². The van der Waals surface area contributed by atoms with Crippen molar-refractivity contribution < 1.29 is 9.63 Å². The second-order valence-electron chi connectivity index (χ2n) is 5.48. The van der Waals surface area contributed by atoms with Gasteiger partial charge in [-0.1, -0.05) is 12.1 Å². The van der Waals surface area contributed by atoms with Gasteiger partial charge in [0, 0.05) is 18.7 Å². The molecule has 0 spiro atoms. The number of guanidine groups is 1. The first-order valence-corrected chi connectivity index (χ1v) is 7.88. The molecular weight excluding hydrogens is 395 g/mol. The van der Waals surface area contributed by atoms with Crippen molar-refractivity contribution >= 4 is 29.9 Å². The lowest BCUT2D eigenvalue weighted by Gasteiger charge is -2.27. The smallest absolute Gasteiger partial charge is 0.191 e. The molecule has 1 saturated carbocycles. The number of aryl methyl sites for hydroxylation is 1. The molecule has 0 aromatic carbocycles. The number of hydrogen-bond donors (Lipinski definition) is 3. The Morgan fingerprint density at radius 2 is 2.09 bits per heavy atom. The average Bonchev–Trinajstić information content (AvgIpc) is 2.95. The number of nitrogens with zero attached hydrogens (tertiary/aromatic N) is 2. The molecule has 1 aromatic rings. The van der Waals surface area contributed by atoms with E-state index in [1.54, 1.807) is 0 Å². The summed E-state index contributed by atoms with van der Waals surface area (Å²) in [6.45, 7) is 5.40. The van der Waals surface area contributed by atoms with Gasteiger partial charge in [-0.05, 0) is 39.0 Å². The van der Waals surface area contributed by atoms with Crippen LogP contribution in [0.1, 0.15) is 51.0 Å². The fourth-order valence-corrected chi connectivity index (χ4v) is 2.49. The topological polar surface area (TPSA) is 82.7 Å². The molecule has 0 atom stereocenters. The predicted octanol–water partition coefficient (Wildman–Crippen LogP) is 2.21. The summed E-state index contributed by atoms with van der Waals surface area (Å²) in [5, 5.41) is 20.2. The lowest BCUT2D eigenvalue weighted by atomic mass is 9.93. The molecule has 126 valence electrons. The Labute approximate surface area is 149 Å². The van der Waals surface area contributed by atoms with Crippen LogP contribution in [0.4, 0.5) is 0 Å². The van der Waals surface area contributed by atoms with Gasteiger partial charge in [-0.25, -0.2) is 4.99 Å². The van der Waals surface area contributed by atoms with Crippen LogP contribution in [-0.2, 0) is 13.0 Å². The van der Waals surface area contributed by atoms with Gasteiger partial charge in [-0.3, -0.25) is 0 Å². The van der Waals surface area contributed by atoms with Crippen molar-refractivity contribution in [1.82, 2.24) is 15.8 Å². The van der Waals surface area contributed by atoms with Gasteiger partial charge >= 0.3 is 0 Å². The van der Waals surface area contributed by atoms with Crippen molar-refractivity contribution in [2.75, 3.05) is 6.54 Å². The molecule has 0 amide bonds. The number of aliphatic imine (C=N–C) groups is 1. The average molecular weight is 422 g/mol. The second-order valence-corrected chi connectivity index (χ2v) is 5.48. The largest absolute Gasteiger partial charge is 0.393 e. The van der Waals surface area contributed by atoms with Crippen LogP contribution in [0.25, 0.3) is 0 Å². The van der Waals surface area contributed by atoms with Crippen molar-refractivity contribution in [3.8, 4) is 0 Å². The number of halogens is 1. The van der Waals surface area contributed by atoms with Crippen LogP contribution in [0, 0.1) is 0 Å². The molecule has 0 saturated heterocycles. The minimum absolute atomic E-state index is 0. The van der Waals surface area contributed by atoms with E-state index in [9.17, 15) is 5.11 Å². The van der Waals surface area contributed by atoms with Crippen LogP contribution < -0.4 is 10.6 Å². The summed E-state index contributed by atoms with van der Waals surface area (Å²) < 4.78 is 5.24. The van der Waals surface area contributed by atoms with Crippen molar-refractivity contribution in [3.63, 3.8) is 0 Å². The van der Waals surface area contributed by atoms with Gasteiger partial charge in [-0.2, -0.15) is 0 Å². The summed E-state index contributed by atoms with van der Waals surface area (Å²) in [5.74, 6) is 1.58. The number of hydrogen-bond acceptors (Lipinski definition) is 4. The first kappa shape index (κ1) is 19.2. The third-order valence-corrected chi connectivity index (χ3v) is 3.74. The molecular formula is C15H27IN4O2. The molecule has 0 bridgehead atoms. The zero-order chi connectivity index (χ0) is 15.1. The maximum Gasteiger partial charge on any atom is 0.191 e.